The zero-order valence-corrected chi connectivity index (χ0v) is 8.81. The summed E-state index contributed by atoms with van der Waals surface area (Å²) in [5.41, 5.74) is 0. The van der Waals surface area contributed by atoms with Crippen molar-refractivity contribution in [2.45, 2.75) is 32.0 Å². The van der Waals surface area contributed by atoms with Gasteiger partial charge in [-0.1, -0.05) is 6.92 Å². The molecule has 0 radical (unpaired) electrons. The predicted molar refractivity (Wildman–Crippen MR) is 50.7 cm³/mol. The molecule has 92 valence electrons. The summed E-state index contributed by atoms with van der Waals surface area (Å²) in [5, 5.41) is 11.8. The van der Waals surface area contributed by atoms with Gasteiger partial charge < -0.3 is 15.2 Å². The monoisotopic (exact) mass is 229 g/mol. The van der Waals surface area contributed by atoms with E-state index in [-0.39, 0.29) is 25.9 Å². The van der Waals surface area contributed by atoms with Gasteiger partial charge >= 0.3 is 6.18 Å². The molecule has 6 heteroatoms. The van der Waals surface area contributed by atoms with E-state index < -0.39 is 12.6 Å². The Morgan fingerprint density at radius 2 is 2.00 bits per heavy atom. The van der Waals surface area contributed by atoms with E-state index in [9.17, 15) is 13.2 Å². The predicted octanol–water partition coefficient (Wildman–Crippen LogP) is 1.32. The highest BCUT2D eigenvalue weighted by atomic mass is 19.4. The molecule has 0 aliphatic heterocycles. The van der Waals surface area contributed by atoms with Crippen LogP contribution in [0, 0.1) is 0 Å². The van der Waals surface area contributed by atoms with E-state index >= 15 is 0 Å². The standard InChI is InChI=1S/C9H18F3NO2/c1-2-13-8(7-14)3-5-15-6-4-9(10,11)12/h8,13-14H,2-7H2,1H3. The first-order chi connectivity index (χ1) is 6.99. The van der Waals surface area contributed by atoms with Gasteiger partial charge in [0.15, 0.2) is 0 Å². The fourth-order valence-corrected chi connectivity index (χ4v) is 1.06. The van der Waals surface area contributed by atoms with E-state index in [2.05, 4.69) is 5.32 Å². The second-order valence-corrected chi connectivity index (χ2v) is 3.20. The number of halogens is 3. The summed E-state index contributed by atoms with van der Waals surface area (Å²) < 4.78 is 39.9. The van der Waals surface area contributed by atoms with Gasteiger partial charge in [-0.3, -0.25) is 0 Å². The van der Waals surface area contributed by atoms with Gasteiger partial charge in [0.1, 0.15) is 0 Å². The molecule has 0 spiro atoms. The van der Waals surface area contributed by atoms with Gasteiger partial charge in [-0.05, 0) is 13.0 Å². The van der Waals surface area contributed by atoms with Crippen LogP contribution in [0.25, 0.3) is 0 Å². The van der Waals surface area contributed by atoms with Crippen LogP contribution in [0.1, 0.15) is 19.8 Å². The minimum Gasteiger partial charge on any atom is -0.395 e. The Hall–Kier alpha value is -0.330. The summed E-state index contributed by atoms with van der Waals surface area (Å²) in [4.78, 5) is 0. The lowest BCUT2D eigenvalue weighted by Crippen LogP contribution is -2.33. The van der Waals surface area contributed by atoms with Crippen LogP contribution in [-0.4, -0.2) is 43.7 Å². The number of hydrogen-bond acceptors (Lipinski definition) is 3. The number of ether oxygens (including phenoxy) is 1. The van der Waals surface area contributed by atoms with Crippen LogP contribution in [0.4, 0.5) is 13.2 Å². The van der Waals surface area contributed by atoms with Gasteiger partial charge in [0.25, 0.3) is 0 Å². The second-order valence-electron chi connectivity index (χ2n) is 3.20. The fraction of sp³-hybridized carbons (Fsp3) is 1.00. The third-order valence-corrected chi connectivity index (χ3v) is 1.85. The number of alkyl halides is 3. The Balaban J connectivity index is 3.36. The van der Waals surface area contributed by atoms with Crippen molar-refractivity contribution >= 4 is 0 Å². The van der Waals surface area contributed by atoms with Crippen molar-refractivity contribution in [1.82, 2.24) is 5.32 Å². The van der Waals surface area contributed by atoms with Crippen LogP contribution < -0.4 is 5.32 Å². The number of likely N-dealkylation sites (N-methyl/N-ethyl adjacent to an activating group) is 1. The molecule has 2 N–H and O–H groups in total. The molecule has 0 saturated carbocycles. The van der Waals surface area contributed by atoms with Gasteiger partial charge in [-0.25, -0.2) is 0 Å². The van der Waals surface area contributed by atoms with Crippen LogP contribution in [0.5, 0.6) is 0 Å². The van der Waals surface area contributed by atoms with Crippen molar-refractivity contribution in [1.29, 1.82) is 0 Å². The SMILES string of the molecule is CCNC(CO)CCOCCC(F)(F)F. The third kappa shape index (κ3) is 9.96. The number of rotatable bonds is 8. The van der Waals surface area contributed by atoms with Crippen molar-refractivity contribution in [2.24, 2.45) is 0 Å². The number of hydrogen-bond donors (Lipinski definition) is 2. The Labute approximate surface area is 87.6 Å². The molecule has 0 aromatic heterocycles. The van der Waals surface area contributed by atoms with Crippen molar-refractivity contribution in [3.05, 3.63) is 0 Å². The molecule has 0 rings (SSSR count). The average molecular weight is 229 g/mol. The molecule has 1 atom stereocenters. The number of aliphatic hydroxyl groups excluding tert-OH is 1. The zero-order valence-electron chi connectivity index (χ0n) is 8.81. The molecular formula is C9H18F3NO2. The van der Waals surface area contributed by atoms with Gasteiger partial charge in [-0.15, -0.1) is 0 Å². The highest BCUT2D eigenvalue weighted by Crippen LogP contribution is 2.18. The molecule has 0 aromatic carbocycles. The minimum absolute atomic E-state index is 0.0313. The molecule has 0 fully saturated rings. The quantitative estimate of drug-likeness (QED) is 0.617. The Morgan fingerprint density at radius 3 is 2.47 bits per heavy atom. The van der Waals surface area contributed by atoms with E-state index in [1.165, 1.54) is 0 Å². The minimum atomic E-state index is -4.15. The lowest BCUT2D eigenvalue weighted by Gasteiger charge is -2.14. The van der Waals surface area contributed by atoms with Gasteiger partial charge in [0.2, 0.25) is 0 Å². The molecule has 0 heterocycles. The van der Waals surface area contributed by atoms with E-state index in [1.807, 2.05) is 6.92 Å². The van der Waals surface area contributed by atoms with Crippen LogP contribution >= 0.6 is 0 Å². The largest absolute Gasteiger partial charge is 0.395 e. The van der Waals surface area contributed by atoms with Crippen LogP contribution in [0.15, 0.2) is 0 Å². The average Bonchev–Trinajstić information content (AvgIpc) is 2.14. The maximum absolute atomic E-state index is 11.7. The maximum atomic E-state index is 11.7. The summed E-state index contributed by atoms with van der Waals surface area (Å²) in [7, 11) is 0. The highest BCUT2D eigenvalue weighted by Gasteiger charge is 2.26. The fourth-order valence-electron chi connectivity index (χ4n) is 1.06. The van der Waals surface area contributed by atoms with Crippen molar-refractivity contribution in [3.8, 4) is 0 Å². The molecular weight excluding hydrogens is 211 g/mol. The lowest BCUT2D eigenvalue weighted by atomic mass is 10.2. The normalized spacial score (nSPS) is 14.2. The first-order valence-corrected chi connectivity index (χ1v) is 4.98. The summed E-state index contributed by atoms with van der Waals surface area (Å²) in [6, 6.07) is -0.0964. The van der Waals surface area contributed by atoms with Crippen molar-refractivity contribution in [2.75, 3.05) is 26.4 Å². The van der Waals surface area contributed by atoms with Crippen LogP contribution in [-0.2, 0) is 4.74 Å². The number of aliphatic hydroxyl groups is 1. The molecule has 0 amide bonds. The first-order valence-electron chi connectivity index (χ1n) is 4.98. The lowest BCUT2D eigenvalue weighted by molar-refractivity contribution is -0.145. The Morgan fingerprint density at radius 1 is 1.33 bits per heavy atom. The van der Waals surface area contributed by atoms with Gasteiger partial charge in [0.05, 0.1) is 19.6 Å². The molecule has 0 aliphatic rings. The molecule has 0 saturated heterocycles. The van der Waals surface area contributed by atoms with Crippen LogP contribution in [0.3, 0.4) is 0 Å². The summed E-state index contributed by atoms with van der Waals surface area (Å²) >= 11 is 0. The van der Waals surface area contributed by atoms with Gasteiger partial charge in [0, 0.05) is 12.6 Å². The topological polar surface area (TPSA) is 41.5 Å². The van der Waals surface area contributed by atoms with Gasteiger partial charge in [-0.2, -0.15) is 13.2 Å². The van der Waals surface area contributed by atoms with E-state index in [0.717, 1.165) is 0 Å². The van der Waals surface area contributed by atoms with E-state index in [0.29, 0.717) is 13.0 Å². The summed E-state index contributed by atoms with van der Waals surface area (Å²) in [5.74, 6) is 0. The molecule has 0 aromatic rings. The number of nitrogens with one attached hydrogen (secondary N) is 1. The Kier molecular flexibility index (Phi) is 7.72. The summed E-state index contributed by atoms with van der Waals surface area (Å²) in [6.07, 6.45) is -4.56. The van der Waals surface area contributed by atoms with Crippen molar-refractivity contribution < 1.29 is 23.0 Å². The van der Waals surface area contributed by atoms with Crippen molar-refractivity contribution in [3.63, 3.8) is 0 Å². The second kappa shape index (κ2) is 7.90. The smallest absolute Gasteiger partial charge is 0.391 e. The first kappa shape index (κ1) is 14.7. The zero-order chi connectivity index (χ0) is 11.7. The Bertz CT molecular complexity index is 153. The molecule has 3 nitrogen and oxygen atoms in total. The molecule has 1 unspecified atom stereocenters. The molecule has 0 bridgehead atoms. The third-order valence-electron chi connectivity index (χ3n) is 1.85. The van der Waals surface area contributed by atoms with E-state index in [4.69, 9.17) is 9.84 Å². The molecule has 0 aliphatic carbocycles. The highest BCUT2D eigenvalue weighted by molar-refractivity contribution is 4.63. The summed E-state index contributed by atoms with van der Waals surface area (Å²) in [6.45, 7) is 2.50. The van der Waals surface area contributed by atoms with Crippen LogP contribution in [0.2, 0.25) is 0 Å². The van der Waals surface area contributed by atoms with E-state index in [1.54, 1.807) is 0 Å². The maximum Gasteiger partial charge on any atom is 0.391 e. The molecule has 15 heavy (non-hydrogen) atoms.